The van der Waals surface area contributed by atoms with Crippen LogP contribution in [0.1, 0.15) is 43.6 Å². The molecule has 1 unspecified atom stereocenters. The van der Waals surface area contributed by atoms with Crippen molar-refractivity contribution in [2.45, 2.75) is 38.2 Å². The van der Waals surface area contributed by atoms with Gasteiger partial charge in [-0.25, -0.2) is 0 Å². The van der Waals surface area contributed by atoms with Gasteiger partial charge in [0.05, 0.1) is 24.2 Å². The van der Waals surface area contributed by atoms with Gasteiger partial charge in [0, 0.05) is 17.0 Å². The number of aliphatic hydroxyl groups excluding tert-OH is 1. The Morgan fingerprint density at radius 1 is 1.33 bits per heavy atom. The molecule has 4 nitrogen and oxygen atoms in total. The van der Waals surface area contributed by atoms with Crippen molar-refractivity contribution in [3.05, 3.63) is 59.7 Å². The monoisotopic (exact) mass is 346 g/mol. The molecule has 1 aliphatic rings. The standard InChI is InChI=1S/C12H17ClN2O.C7H6O/c1-4-5-9-6-15-11(7-14-9)10(8-16)12(2,3)13;1-2-6-4-7(3-1)8-5-6/h4-7,10,16H,8H2,1-3H3;1-4H,5H2. The van der Waals surface area contributed by atoms with Crippen LogP contribution >= 0.6 is 11.6 Å². The number of alkyl halides is 1. The highest BCUT2D eigenvalue weighted by Crippen LogP contribution is 2.31. The molecule has 0 amide bonds. The number of allylic oxidation sites excluding steroid dienone is 1. The fourth-order valence-corrected chi connectivity index (χ4v) is 2.52. The molecule has 1 aromatic heterocycles. The smallest absolute Gasteiger partial charge is 0.120 e. The molecule has 2 heterocycles. The van der Waals surface area contributed by atoms with Crippen LogP contribution in [0.25, 0.3) is 6.08 Å². The van der Waals surface area contributed by atoms with Crippen molar-refractivity contribution in [2.75, 3.05) is 6.61 Å². The lowest BCUT2D eigenvalue weighted by Gasteiger charge is -2.25. The van der Waals surface area contributed by atoms with E-state index in [4.69, 9.17) is 16.3 Å². The summed E-state index contributed by atoms with van der Waals surface area (Å²) in [6.07, 6.45) is 7.12. The molecule has 0 saturated carbocycles. The number of hydrogen-bond donors (Lipinski definition) is 1. The summed E-state index contributed by atoms with van der Waals surface area (Å²) in [6, 6.07) is 8.10. The van der Waals surface area contributed by atoms with Gasteiger partial charge in [0.15, 0.2) is 0 Å². The summed E-state index contributed by atoms with van der Waals surface area (Å²) in [5.41, 5.74) is 2.80. The fraction of sp³-hybridized carbons (Fsp3) is 0.368. The summed E-state index contributed by atoms with van der Waals surface area (Å²) in [6.45, 7) is 6.37. The van der Waals surface area contributed by atoms with E-state index in [0.29, 0.717) is 0 Å². The molecule has 1 aromatic carbocycles. The zero-order chi connectivity index (χ0) is 17.6. The molecule has 0 radical (unpaired) electrons. The average Bonchev–Trinajstić information content (AvgIpc) is 2.87. The minimum atomic E-state index is -0.536. The molecule has 0 spiro atoms. The number of aliphatic hydroxyl groups is 1. The SMILES string of the molecule is CC=Cc1cnc(C(CO)C(C)(C)Cl)cn1.c1cc2cc(c1)OC2. The van der Waals surface area contributed by atoms with Gasteiger partial charge >= 0.3 is 0 Å². The van der Waals surface area contributed by atoms with Crippen molar-refractivity contribution < 1.29 is 9.84 Å². The Morgan fingerprint density at radius 3 is 2.62 bits per heavy atom. The molecule has 0 fully saturated rings. The van der Waals surface area contributed by atoms with Gasteiger partial charge in [0.25, 0.3) is 0 Å². The first-order valence-corrected chi connectivity index (χ1v) is 8.28. The van der Waals surface area contributed by atoms with Crippen molar-refractivity contribution in [3.8, 4) is 5.75 Å². The highest BCUT2D eigenvalue weighted by Gasteiger charge is 2.29. The van der Waals surface area contributed by atoms with Crippen LogP contribution in [-0.2, 0) is 6.61 Å². The van der Waals surface area contributed by atoms with Crippen molar-refractivity contribution in [1.82, 2.24) is 9.97 Å². The predicted octanol–water partition coefficient (Wildman–Crippen LogP) is 4.18. The Balaban J connectivity index is 0.000000214. The number of ether oxygens (including phenoxy) is 1. The number of fused-ring (bicyclic) bond motifs is 2. The number of aromatic nitrogens is 2. The van der Waals surface area contributed by atoms with E-state index in [-0.39, 0.29) is 12.5 Å². The Hall–Kier alpha value is -1.91. The van der Waals surface area contributed by atoms with Crippen LogP contribution in [0.5, 0.6) is 5.75 Å². The molecule has 0 saturated heterocycles. The molecule has 1 atom stereocenters. The molecule has 0 aliphatic carbocycles. The molecule has 5 heteroatoms. The third-order valence-corrected chi connectivity index (χ3v) is 3.96. The first-order chi connectivity index (χ1) is 11.4. The van der Waals surface area contributed by atoms with Crippen molar-refractivity contribution in [2.24, 2.45) is 0 Å². The van der Waals surface area contributed by atoms with Gasteiger partial charge < -0.3 is 9.84 Å². The molecular formula is C19H23ClN2O2. The quantitative estimate of drug-likeness (QED) is 0.844. The van der Waals surface area contributed by atoms with Gasteiger partial charge in [-0.3, -0.25) is 9.97 Å². The summed E-state index contributed by atoms with van der Waals surface area (Å²) < 4.78 is 5.18. The Morgan fingerprint density at radius 2 is 2.12 bits per heavy atom. The van der Waals surface area contributed by atoms with Crippen molar-refractivity contribution >= 4 is 17.7 Å². The average molecular weight is 347 g/mol. The van der Waals surface area contributed by atoms with Crippen molar-refractivity contribution in [3.63, 3.8) is 0 Å². The maximum Gasteiger partial charge on any atom is 0.120 e. The number of benzene rings is 1. The second-order valence-electron chi connectivity index (χ2n) is 6.10. The third kappa shape index (κ3) is 5.05. The Labute approximate surface area is 148 Å². The lowest BCUT2D eigenvalue weighted by molar-refractivity contribution is 0.242. The topological polar surface area (TPSA) is 55.2 Å². The number of nitrogens with zero attached hydrogens (tertiary/aromatic N) is 2. The predicted molar refractivity (Wildman–Crippen MR) is 97.3 cm³/mol. The number of halogens is 1. The zero-order valence-electron chi connectivity index (χ0n) is 14.2. The van der Waals surface area contributed by atoms with Crippen LogP contribution in [0.3, 0.4) is 0 Å². The molecule has 1 N–H and O–H groups in total. The molecule has 24 heavy (non-hydrogen) atoms. The van der Waals surface area contributed by atoms with E-state index in [9.17, 15) is 5.11 Å². The van der Waals surface area contributed by atoms with E-state index in [2.05, 4.69) is 22.1 Å². The first-order valence-electron chi connectivity index (χ1n) is 7.90. The molecule has 2 bridgehead atoms. The molecule has 2 aromatic rings. The fourth-order valence-electron chi connectivity index (χ4n) is 2.34. The van der Waals surface area contributed by atoms with E-state index in [1.807, 2.05) is 45.1 Å². The van der Waals surface area contributed by atoms with E-state index in [0.717, 1.165) is 23.7 Å². The van der Waals surface area contributed by atoms with Crippen LogP contribution in [0.4, 0.5) is 0 Å². The van der Waals surface area contributed by atoms with Gasteiger partial charge in [-0.1, -0.05) is 18.2 Å². The van der Waals surface area contributed by atoms with Crippen LogP contribution in [0.2, 0.25) is 0 Å². The van der Waals surface area contributed by atoms with Gasteiger partial charge in [0.2, 0.25) is 0 Å². The lowest BCUT2D eigenvalue weighted by atomic mass is 9.93. The molecule has 128 valence electrons. The van der Waals surface area contributed by atoms with E-state index in [1.54, 1.807) is 12.4 Å². The van der Waals surface area contributed by atoms with Gasteiger partial charge in [-0.15, -0.1) is 11.6 Å². The Kier molecular flexibility index (Phi) is 6.35. The summed E-state index contributed by atoms with van der Waals surface area (Å²) in [4.78, 5) is 7.97. The highest BCUT2D eigenvalue weighted by molar-refractivity contribution is 6.24. The largest absolute Gasteiger partial charge is 0.489 e. The maximum absolute atomic E-state index is 9.32. The second kappa shape index (κ2) is 8.27. The summed E-state index contributed by atoms with van der Waals surface area (Å²) in [7, 11) is 0. The first kappa shape index (κ1) is 18.4. The minimum absolute atomic E-state index is 0.0336. The van der Waals surface area contributed by atoms with Crippen LogP contribution in [0, 0.1) is 0 Å². The second-order valence-corrected chi connectivity index (χ2v) is 7.08. The zero-order valence-corrected chi connectivity index (χ0v) is 15.0. The lowest BCUT2D eigenvalue weighted by Crippen LogP contribution is -2.26. The van der Waals surface area contributed by atoms with Gasteiger partial charge in [0.1, 0.15) is 12.4 Å². The summed E-state index contributed by atoms with van der Waals surface area (Å²) >= 11 is 6.19. The minimum Gasteiger partial charge on any atom is -0.489 e. The summed E-state index contributed by atoms with van der Waals surface area (Å²) in [5.74, 6) is 0.795. The van der Waals surface area contributed by atoms with Crippen LogP contribution < -0.4 is 4.74 Å². The molecular weight excluding hydrogens is 324 g/mol. The number of hydrogen-bond acceptors (Lipinski definition) is 4. The van der Waals surface area contributed by atoms with Gasteiger partial charge in [-0.2, -0.15) is 0 Å². The van der Waals surface area contributed by atoms with Crippen molar-refractivity contribution in [1.29, 1.82) is 0 Å². The van der Waals surface area contributed by atoms with E-state index < -0.39 is 4.87 Å². The van der Waals surface area contributed by atoms with Crippen LogP contribution in [-0.4, -0.2) is 26.6 Å². The molecule has 1 aliphatic heterocycles. The van der Waals surface area contributed by atoms with Gasteiger partial charge in [-0.05, 0) is 44.5 Å². The number of rotatable bonds is 4. The normalized spacial score (nSPS) is 14.0. The summed E-state index contributed by atoms with van der Waals surface area (Å²) in [5, 5.41) is 9.32. The Bertz CT molecular complexity index is 659. The van der Waals surface area contributed by atoms with E-state index >= 15 is 0 Å². The van der Waals surface area contributed by atoms with Crippen LogP contribution in [0.15, 0.2) is 42.7 Å². The highest BCUT2D eigenvalue weighted by atomic mass is 35.5. The maximum atomic E-state index is 9.32. The third-order valence-electron chi connectivity index (χ3n) is 3.70. The van der Waals surface area contributed by atoms with E-state index in [1.165, 1.54) is 5.56 Å². The molecule has 3 rings (SSSR count).